The average molecular weight is 392 g/mol. The lowest BCUT2D eigenvalue weighted by Crippen LogP contribution is -2.16. The van der Waals surface area contributed by atoms with E-state index < -0.39 is 0 Å². The molecule has 0 spiro atoms. The van der Waals surface area contributed by atoms with E-state index in [9.17, 15) is 4.79 Å². The van der Waals surface area contributed by atoms with E-state index in [1.165, 1.54) is 0 Å². The van der Waals surface area contributed by atoms with Crippen molar-refractivity contribution >= 4 is 34.8 Å². The van der Waals surface area contributed by atoms with Gasteiger partial charge in [-0.3, -0.25) is 4.79 Å². The van der Waals surface area contributed by atoms with E-state index >= 15 is 0 Å². The van der Waals surface area contributed by atoms with Crippen molar-refractivity contribution in [2.45, 2.75) is 20.0 Å². The SMILES string of the molecule is Cc1c(Cl)cccc1NC(=O)Cc1noc(COc2ccc(Cl)cc2)n1. The predicted octanol–water partition coefficient (Wildman–Crippen LogP) is 4.45. The van der Waals surface area contributed by atoms with E-state index in [0.29, 0.717) is 21.5 Å². The van der Waals surface area contributed by atoms with Gasteiger partial charge in [-0.25, -0.2) is 0 Å². The van der Waals surface area contributed by atoms with Crippen LogP contribution in [-0.4, -0.2) is 16.0 Å². The van der Waals surface area contributed by atoms with E-state index in [0.717, 1.165) is 5.56 Å². The van der Waals surface area contributed by atoms with Gasteiger partial charge in [0.05, 0.1) is 6.42 Å². The largest absolute Gasteiger partial charge is 0.484 e. The van der Waals surface area contributed by atoms with Crippen LogP contribution in [-0.2, 0) is 17.8 Å². The van der Waals surface area contributed by atoms with E-state index in [-0.39, 0.29) is 30.7 Å². The summed E-state index contributed by atoms with van der Waals surface area (Å²) in [5, 5.41) is 7.78. The molecule has 0 saturated heterocycles. The predicted molar refractivity (Wildman–Crippen MR) is 98.6 cm³/mol. The van der Waals surface area contributed by atoms with Crippen LogP contribution in [0.4, 0.5) is 5.69 Å². The number of carbonyl (C=O) groups is 1. The molecule has 3 aromatic rings. The molecule has 6 nitrogen and oxygen atoms in total. The number of anilines is 1. The highest BCUT2D eigenvalue weighted by atomic mass is 35.5. The summed E-state index contributed by atoms with van der Waals surface area (Å²) in [7, 11) is 0. The van der Waals surface area contributed by atoms with Crippen molar-refractivity contribution in [3.63, 3.8) is 0 Å². The highest BCUT2D eigenvalue weighted by Gasteiger charge is 2.13. The molecule has 0 bridgehead atoms. The van der Waals surface area contributed by atoms with Gasteiger partial charge in [0, 0.05) is 15.7 Å². The standard InChI is InChI=1S/C18H15Cl2N3O3/c1-11-14(20)3-2-4-15(11)21-17(24)9-16-22-18(26-23-16)10-25-13-7-5-12(19)6-8-13/h2-8H,9-10H2,1H3,(H,21,24). The molecule has 1 amide bonds. The molecule has 0 saturated carbocycles. The van der Waals surface area contributed by atoms with Gasteiger partial charge in [0.25, 0.3) is 5.89 Å². The molecule has 1 aromatic heterocycles. The van der Waals surface area contributed by atoms with Gasteiger partial charge < -0.3 is 14.6 Å². The number of halogens is 2. The highest BCUT2D eigenvalue weighted by molar-refractivity contribution is 6.31. The highest BCUT2D eigenvalue weighted by Crippen LogP contribution is 2.23. The molecule has 3 rings (SSSR count). The third-order valence-electron chi connectivity index (χ3n) is 3.55. The van der Waals surface area contributed by atoms with Crippen LogP contribution in [0.1, 0.15) is 17.3 Å². The van der Waals surface area contributed by atoms with Crippen LogP contribution in [0.3, 0.4) is 0 Å². The Morgan fingerprint density at radius 1 is 1.19 bits per heavy atom. The van der Waals surface area contributed by atoms with Crippen LogP contribution in [0.15, 0.2) is 47.0 Å². The second-order valence-corrected chi connectivity index (χ2v) is 6.33. The first-order chi connectivity index (χ1) is 12.5. The number of benzene rings is 2. The molecule has 2 aromatic carbocycles. The van der Waals surface area contributed by atoms with Gasteiger partial charge in [-0.05, 0) is 48.9 Å². The van der Waals surface area contributed by atoms with Crippen molar-refractivity contribution in [2.24, 2.45) is 0 Å². The minimum absolute atomic E-state index is 0.0175. The number of nitrogens with zero attached hydrogens (tertiary/aromatic N) is 2. The Morgan fingerprint density at radius 2 is 1.96 bits per heavy atom. The first kappa shape index (κ1) is 18.2. The first-order valence-corrected chi connectivity index (χ1v) is 8.51. The fraction of sp³-hybridized carbons (Fsp3) is 0.167. The normalized spacial score (nSPS) is 10.6. The molecular formula is C18H15Cl2N3O3. The monoisotopic (exact) mass is 391 g/mol. The fourth-order valence-corrected chi connectivity index (χ4v) is 2.48. The summed E-state index contributed by atoms with van der Waals surface area (Å²) >= 11 is 11.9. The molecule has 0 unspecified atom stereocenters. The van der Waals surface area contributed by atoms with Gasteiger partial charge in [-0.15, -0.1) is 0 Å². The second kappa shape index (κ2) is 8.21. The molecule has 0 aliphatic carbocycles. The van der Waals surface area contributed by atoms with Gasteiger partial charge in [0.15, 0.2) is 12.4 Å². The Morgan fingerprint density at radius 3 is 2.73 bits per heavy atom. The Labute approximate surface area is 160 Å². The van der Waals surface area contributed by atoms with Crippen LogP contribution in [0, 0.1) is 6.92 Å². The molecule has 1 heterocycles. The molecule has 0 radical (unpaired) electrons. The second-order valence-electron chi connectivity index (χ2n) is 5.48. The number of hydrogen-bond acceptors (Lipinski definition) is 5. The quantitative estimate of drug-likeness (QED) is 0.671. The lowest BCUT2D eigenvalue weighted by atomic mass is 10.2. The first-order valence-electron chi connectivity index (χ1n) is 7.76. The van der Waals surface area contributed by atoms with Crippen molar-refractivity contribution in [2.75, 3.05) is 5.32 Å². The number of carbonyl (C=O) groups excluding carboxylic acids is 1. The van der Waals surface area contributed by atoms with Crippen LogP contribution in [0.5, 0.6) is 5.75 Å². The minimum Gasteiger partial charge on any atom is -0.484 e. The molecule has 1 N–H and O–H groups in total. The lowest BCUT2D eigenvalue weighted by molar-refractivity contribution is -0.115. The van der Waals surface area contributed by atoms with Crippen LogP contribution < -0.4 is 10.1 Å². The van der Waals surface area contributed by atoms with Gasteiger partial charge in [0.2, 0.25) is 5.91 Å². The number of hydrogen-bond donors (Lipinski definition) is 1. The summed E-state index contributed by atoms with van der Waals surface area (Å²) in [4.78, 5) is 16.3. The van der Waals surface area contributed by atoms with Crippen molar-refractivity contribution in [3.05, 3.63) is 69.8 Å². The molecule has 8 heteroatoms. The van der Waals surface area contributed by atoms with Crippen LogP contribution in [0.25, 0.3) is 0 Å². The maximum Gasteiger partial charge on any atom is 0.264 e. The summed E-state index contributed by atoms with van der Waals surface area (Å²) in [6.45, 7) is 1.93. The molecule has 26 heavy (non-hydrogen) atoms. The van der Waals surface area contributed by atoms with Crippen LogP contribution >= 0.6 is 23.2 Å². The number of nitrogens with one attached hydrogen (secondary N) is 1. The van der Waals surface area contributed by atoms with Crippen molar-refractivity contribution < 1.29 is 14.1 Å². The Kier molecular flexibility index (Phi) is 5.75. The Balaban J connectivity index is 1.55. The molecule has 134 valence electrons. The Hall–Kier alpha value is -2.57. The number of ether oxygens (including phenoxy) is 1. The number of rotatable bonds is 6. The van der Waals surface area contributed by atoms with E-state index in [4.69, 9.17) is 32.5 Å². The van der Waals surface area contributed by atoms with E-state index in [1.807, 2.05) is 6.92 Å². The van der Waals surface area contributed by atoms with Crippen molar-refractivity contribution in [1.82, 2.24) is 10.1 Å². The van der Waals surface area contributed by atoms with Crippen molar-refractivity contribution in [1.29, 1.82) is 0 Å². The maximum absolute atomic E-state index is 12.1. The van der Waals surface area contributed by atoms with E-state index in [1.54, 1.807) is 42.5 Å². The molecular weight excluding hydrogens is 377 g/mol. The zero-order valence-electron chi connectivity index (χ0n) is 13.8. The Bertz CT molecular complexity index is 910. The number of amides is 1. The average Bonchev–Trinajstić information content (AvgIpc) is 3.06. The smallest absolute Gasteiger partial charge is 0.264 e. The summed E-state index contributed by atoms with van der Waals surface area (Å²) in [6.07, 6.45) is -0.0175. The zero-order chi connectivity index (χ0) is 18.5. The zero-order valence-corrected chi connectivity index (χ0v) is 15.3. The van der Waals surface area contributed by atoms with Crippen molar-refractivity contribution in [3.8, 4) is 5.75 Å². The summed E-state index contributed by atoms with van der Waals surface area (Å²) in [6, 6.07) is 12.2. The van der Waals surface area contributed by atoms with Crippen LogP contribution in [0.2, 0.25) is 10.0 Å². The third-order valence-corrected chi connectivity index (χ3v) is 4.21. The minimum atomic E-state index is -0.263. The van der Waals surface area contributed by atoms with Gasteiger partial charge >= 0.3 is 0 Å². The summed E-state index contributed by atoms with van der Waals surface area (Å²) in [5.74, 6) is 0.920. The molecule has 0 fully saturated rings. The molecule has 0 atom stereocenters. The van der Waals surface area contributed by atoms with Gasteiger partial charge in [-0.2, -0.15) is 4.98 Å². The maximum atomic E-state index is 12.1. The lowest BCUT2D eigenvalue weighted by Gasteiger charge is -2.08. The fourth-order valence-electron chi connectivity index (χ4n) is 2.18. The summed E-state index contributed by atoms with van der Waals surface area (Å²) < 4.78 is 10.6. The topological polar surface area (TPSA) is 77.2 Å². The summed E-state index contributed by atoms with van der Waals surface area (Å²) in [5.41, 5.74) is 1.45. The van der Waals surface area contributed by atoms with E-state index in [2.05, 4.69) is 15.5 Å². The molecule has 0 aliphatic rings. The third kappa shape index (κ3) is 4.74. The number of aromatic nitrogens is 2. The van der Waals surface area contributed by atoms with Gasteiger partial charge in [0.1, 0.15) is 5.75 Å². The van der Waals surface area contributed by atoms with Gasteiger partial charge in [-0.1, -0.05) is 34.4 Å². The molecule has 0 aliphatic heterocycles.